The van der Waals surface area contributed by atoms with Crippen LogP contribution in [0.1, 0.15) is 12.8 Å². The number of hydrogen-bond acceptors (Lipinski definition) is 4. The highest BCUT2D eigenvalue weighted by Gasteiger charge is 2.34. The summed E-state index contributed by atoms with van der Waals surface area (Å²) in [6, 6.07) is 0. The number of nitrogens with zero attached hydrogens (tertiary/aromatic N) is 1. The lowest BCUT2D eigenvalue weighted by atomic mass is 9.78. The largest absolute Gasteiger partial charge is 0.465 e. The summed E-state index contributed by atoms with van der Waals surface area (Å²) in [5, 5.41) is 9.40. The van der Waals surface area contributed by atoms with Crippen molar-refractivity contribution in [3.63, 3.8) is 0 Å². The molecule has 3 aliphatic heterocycles. The predicted octanol–water partition coefficient (Wildman–Crippen LogP) is 0.976. The first-order valence-corrected chi connectivity index (χ1v) is 7.13. The number of allylic oxidation sites excluding steroid dienone is 2. The van der Waals surface area contributed by atoms with E-state index in [4.69, 9.17) is 4.74 Å². The number of carbonyl (C=O) groups excluding carboxylic acids is 1. The molecule has 3 aliphatic rings. The number of fused-ring (bicyclic) bond motifs is 4. The molecule has 3 heterocycles. The van der Waals surface area contributed by atoms with Crippen LogP contribution in [0.2, 0.25) is 0 Å². The first-order chi connectivity index (χ1) is 9.26. The molecule has 0 saturated carbocycles. The molecule has 104 valence electrons. The topological polar surface area (TPSA) is 49.8 Å². The average Bonchev–Trinajstić information content (AvgIpc) is 2.38. The zero-order valence-electron chi connectivity index (χ0n) is 11.1. The van der Waals surface area contributed by atoms with Crippen LogP contribution in [-0.4, -0.2) is 48.8 Å². The molecule has 4 nitrogen and oxygen atoms in total. The highest BCUT2D eigenvalue weighted by atomic mass is 16.5. The van der Waals surface area contributed by atoms with Gasteiger partial charge in [0.05, 0.1) is 19.6 Å². The van der Waals surface area contributed by atoms with Gasteiger partial charge in [-0.2, -0.15) is 0 Å². The standard InChI is InChI=1S/C15H21NO3/c17-9-11-1-2-12-3-5-16(8-11)6-4-13-10-19-15(18)7-14(12)13/h1-3,11,13-14,17H,4-10H2/b2-1-,12-3-. The van der Waals surface area contributed by atoms with Gasteiger partial charge in [-0.05, 0) is 18.5 Å². The normalized spacial score (nSPS) is 42.8. The summed E-state index contributed by atoms with van der Waals surface area (Å²) in [6.07, 6.45) is 8.05. The molecule has 0 aliphatic carbocycles. The Morgan fingerprint density at radius 3 is 3.21 bits per heavy atom. The third-order valence-corrected chi connectivity index (χ3v) is 4.53. The van der Waals surface area contributed by atoms with E-state index in [-0.39, 0.29) is 18.5 Å². The van der Waals surface area contributed by atoms with E-state index < -0.39 is 0 Å². The van der Waals surface area contributed by atoms with Crippen molar-refractivity contribution < 1.29 is 14.6 Å². The molecule has 0 aromatic carbocycles. The highest BCUT2D eigenvalue weighted by Crippen LogP contribution is 2.34. The molecule has 4 atom stereocenters. The van der Waals surface area contributed by atoms with Crippen LogP contribution in [0.3, 0.4) is 0 Å². The minimum absolute atomic E-state index is 0.0752. The number of carbonyl (C=O) groups is 1. The highest BCUT2D eigenvalue weighted by molar-refractivity contribution is 5.71. The van der Waals surface area contributed by atoms with E-state index >= 15 is 0 Å². The van der Waals surface area contributed by atoms with Crippen LogP contribution in [0, 0.1) is 17.8 Å². The molecule has 4 heteroatoms. The number of hydrogen-bond donors (Lipinski definition) is 1. The smallest absolute Gasteiger partial charge is 0.306 e. The summed E-state index contributed by atoms with van der Waals surface area (Å²) in [5.74, 6) is 0.878. The van der Waals surface area contributed by atoms with E-state index in [1.54, 1.807) is 0 Å². The van der Waals surface area contributed by atoms with E-state index in [0.717, 1.165) is 26.1 Å². The summed E-state index contributed by atoms with van der Waals surface area (Å²) in [6.45, 7) is 3.61. The molecule has 0 aromatic heterocycles. The van der Waals surface area contributed by atoms with E-state index in [1.165, 1.54) is 5.57 Å². The molecule has 1 fully saturated rings. The van der Waals surface area contributed by atoms with Gasteiger partial charge in [-0.25, -0.2) is 0 Å². The number of cyclic esters (lactones) is 1. The van der Waals surface area contributed by atoms with Gasteiger partial charge in [0.15, 0.2) is 0 Å². The van der Waals surface area contributed by atoms with E-state index in [0.29, 0.717) is 24.9 Å². The lowest BCUT2D eigenvalue weighted by molar-refractivity contribution is -0.152. The van der Waals surface area contributed by atoms with Gasteiger partial charge in [0.1, 0.15) is 0 Å². The number of rotatable bonds is 1. The first kappa shape index (κ1) is 12.9. The average molecular weight is 263 g/mol. The van der Waals surface area contributed by atoms with Crippen LogP contribution < -0.4 is 0 Å². The molecule has 1 N–H and O–H groups in total. The second-order valence-corrected chi connectivity index (χ2v) is 5.81. The number of aliphatic hydroxyl groups is 1. The van der Waals surface area contributed by atoms with E-state index in [9.17, 15) is 9.90 Å². The fraction of sp³-hybridized carbons (Fsp3) is 0.667. The fourth-order valence-corrected chi connectivity index (χ4v) is 3.34. The van der Waals surface area contributed by atoms with Crippen molar-refractivity contribution in [1.82, 2.24) is 4.90 Å². The minimum atomic E-state index is -0.0752. The van der Waals surface area contributed by atoms with Crippen LogP contribution in [0.25, 0.3) is 0 Å². The van der Waals surface area contributed by atoms with Gasteiger partial charge < -0.3 is 9.84 Å². The zero-order chi connectivity index (χ0) is 13.2. The molecular weight excluding hydrogens is 242 g/mol. The van der Waals surface area contributed by atoms with Crippen molar-refractivity contribution in [2.75, 3.05) is 32.8 Å². The van der Waals surface area contributed by atoms with Crippen LogP contribution in [0.15, 0.2) is 23.8 Å². The quantitative estimate of drug-likeness (QED) is 0.716. The Morgan fingerprint density at radius 2 is 2.37 bits per heavy atom. The molecule has 1 saturated heterocycles. The summed E-state index contributed by atoms with van der Waals surface area (Å²) in [5.41, 5.74) is 1.25. The van der Waals surface area contributed by atoms with Crippen LogP contribution in [-0.2, 0) is 9.53 Å². The van der Waals surface area contributed by atoms with Gasteiger partial charge in [0.2, 0.25) is 0 Å². The zero-order valence-corrected chi connectivity index (χ0v) is 11.1. The Kier molecular flexibility index (Phi) is 3.71. The van der Waals surface area contributed by atoms with Gasteiger partial charge in [0, 0.05) is 30.8 Å². The lowest BCUT2D eigenvalue weighted by Crippen LogP contribution is -2.40. The van der Waals surface area contributed by atoms with Crippen LogP contribution in [0.4, 0.5) is 0 Å². The van der Waals surface area contributed by atoms with Gasteiger partial charge in [-0.15, -0.1) is 0 Å². The molecule has 0 amide bonds. The Balaban J connectivity index is 1.89. The molecule has 0 aromatic rings. The van der Waals surface area contributed by atoms with Crippen molar-refractivity contribution in [2.24, 2.45) is 17.8 Å². The van der Waals surface area contributed by atoms with E-state index in [2.05, 4.69) is 23.1 Å². The Morgan fingerprint density at radius 1 is 1.47 bits per heavy atom. The van der Waals surface area contributed by atoms with Crippen molar-refractivity contribution >= 4 is 5.97 Å². The first-order valence-electron chi connectivity index (χ1n) is 7.13. The summed E-state index contributed by atoms with van der Waals surface area (Å²) in [7, 11) is 0. The third-order valence-electron chi connectivity index (χ3n) is 4.53. The molecule has 19 heavy (non-hydrogen) atoms. The Bertz CT molecular complexity index is 416. The second kappa shape index (κ2) is 5.47. The maximum Gasteiger partial charge on any atom is 0.306 e. The third kappa shape index (κ3) is 2.74. The van der Waals surface area contributed by atoms with Crippen molar-refractivity contribution in [3.05, 3.63) is 23.8 Å². The minimum Gasteiger partial charge on any atom is -0.465 e. The molecule has 0 radical (unpaired) electrons. The van der Waals surface area contributed by atoms with Gasteiger partial charge in [-0.1, -0.05) is 18.2 Å². The molecule has 2 bridgehead atoms. The lowest BCUT2D eigenvalue weighted by Gasteiger charge is -2.37. The van der Waals surface area contributed by atoms with Crippen LogP contribution in [0.5, 0.6) is 0 Å². The SMILES string of the molecule is O=C1CC2C3=C\CN(CCC2CO1)CC(CO)/C=C\3. The van der Waals surface area contributed by atoms with Crippen molar-refractivity contribution in [1.29, 1.82) is 0 Å². The summed E-state index contributed by atoms with van der Waals surface area (Å²) >= 11 is 0. The monoisotopic (exact) mass is 263 g/mol. The number of ether oxygens (including phenoxy) is 1. The number of aliphatic hydroxyl groups excluding tert-OH is 1. The van der Waals surface area contributed by atoms with Gasteiger partial charge in [-0.3, -0.25) is 9.69 Å². The molecular formula is C15H21NO3. The Hall–Kier alpha value is -1.13. The van der Waals surface area contributed by atoms with Crippen LogP contribution >= 0.6 is 0 Å². The maximum absolute atomic E-state index is 11.5. The molecule has 3 rings (SSSR count). The number of esters is 1. The van der Waals surface area contributed by atoms with E-state index in [1.807, 2.05) is 0 Å². The molecule has 4 unspecified atom stereocenters. The predicted molar refractivity (Wildman–Crippen MR) is 71.4 cm³/mol. The van der Waals surface area contributed by atoms with Crippen molar-refractivity contribution in [2.45, 2.75) is 12.8 Å². The van der Waals surface area contributed by atoms with Gasteiger partial charge >= 0.3 is 5.97 Å². The summed E-state index contributed by atoms with van der Waals surface area (Å²) < 4.78 is 5.22. The summed E-state index contributed by atoms with van der Waals surface area (Å²) in [4.78, 5) is 13.9. The fourth-order valence-electron chi connectivity index (χ4n) is 3.34. The van der Waals surface area contributed by atoms with Gasteiger partial charge in [0.25, 0.3) is 0 Å². The second-order valence-electron chi connectivity index (χ2n) is 5.81. The maximum atomic E-state index is 11.5. The molecule has 0 spiro atoms. The Labute approximate surface area is 113 Å². The van der Waals surface area contributed by atoms with Crippen molar-refractivity contribution in [3.8, 4) is 0 Å².